The topological polar surface area (TPSA) is 12.5 Å². The molecule has 5 heteroatoms. The third-order valence-electron chi connectivity index (χ3n) is 3.43. The normalized spacial score (nSPS) is 19.4. The van der Waals surface area contributed by atoms with Crippen LogP contribution in [0.15, 0.2) is 30.3 Å². The highest BCUT2D eigenvalue weighted by Gasteiger charge is 2.29. The molecular formula is C15H18F3NO. The second-order valence-corrected chi connectivity index (χ2v) is 4.87. The van der Waals surface area contributed by atoms with Crippen molar-refractivity contribution in [3.05, 3.63) is 41.5 Å². The van der Waals surface area contributed by atoms with Crippen molar-refractivity contribution < 1.29 is 17.9 Å². The highest BCUT2D eigenvalue weighted by atomic mass is 19.4. The summed E-state index contributed by atoms with van der Waals surface area (Å²) in [6.07, 6.45) is -0.405. The molecule has 1 saturated heterocycles. The first-order chi connectivity index (χ1) is 9.47. The fourth-order valence-corrected chi connectivity index (χ4v) is 2.14. The molecule has 0 bridgehead atoms. The van der Waals surface area contributed by atoms with Gasteiger partial charge in [-0.15, -0.1) is 0 Å². The summed E-state index contributed by atoms with van der Waals surface area (Å²) in [6, 6.07) is 5.45. The van der Waals surface area contributed by atoms with E-state index in [9.17, 15) is 13.2 Å². The van der Waals surface area contributed by atoms with Gasteiger partial charge in [-0.1, -0.05) is 24.3 Å². The number of hydrogen-bond acceptors (Lipinski definition) is 2. The van der Waals surface area contributed by atoms with Gasteiger partial charge in [0.1, 0.15) is 0 Å². The molecule has 0 aliphatic carbocycles. The number of morpholine rings is 1. The molecule has 110 valence electrons. The van der Waals surface area contributed by atoms with Crippen molar-refractivity contribution in [2.45, 2.75) is 19.1 Å². The van der Waals surface area contributed by atoms with Gasteiger partial charge in [-0.3, -0.25) is 4.90 Å². The van der Waals surface area contributed by atoms with Crippen molar-refractivity contribution in [2.24, 2.45) is 0 Å². The summed E-state index contributed by atoms with van der Waals surface area (Å²) in [5, 5.41) is 0. The molecule has 2 rings (SSSR count). The van der Waals surface area contributed by atoms with Crippen molar-refractivity contribution in [1.29, 1.82) is 0 Å². The molecule has 20 heavy (non-hydrogen) atoms. The molecule has 1 aliphatic rings. The van der Waals surface area contributed by atoms with E-state index in [-0.39, 0.29) is 6.04 Å². The van der Waals surface area contributed by atoms with Crippen LogP contribution in [0.3, 0.4) is 0 Å². The predicted molar refractivity (Wildman–Crippen MR) is 72.3 cm³/mol. The highest BCUT2D eigenvalue weighted by molar-refractivity contribution is 5.50. The zero-order chi connectivity index (χ0) is 14.6. The molecule has 0 N–H and O–H groups in total. The lowest BCUT2D eigenvalue weighted by Crippen LogP contribution is -2.41. The minimum absolute atomic E-state index is 0.251. The number of alkyl halides is 3. The minimum atomic E-state index is -4.27. The smallest absolute Gasteiger partial charge is 0.379 e. The van der Waals surface area contributed by atoms with Gasteiger partial charge in [-0.25, -0.2) is 0 Å². The van der Waals surface area contributed by atoms with E-state index in [2.05, 4.69) is 11.8 Å². The molecule has 1 fully saturated rings. The molecule has 0 spiro atoms. The molecule has 0 saturated carbocycles. The Morgan fingerprint density at radius 3 is 2.30 bits per heavy atom. The van der Waals surface area contributed by atoms with Gasteiger partial charge in [0.05, 0.1) is 18.8 Å². The standard InChI is InChI=1S/C15H18F3NO/c1-12(19-8-10-20-11-9-19)2-3-13-4-6-14(7-5-13)15(16,17)18/h2-7,12H,8-11H2,1H3/b3-2+/t12-/m0/s1. The van der Waals surface area contributed by atoms with Gasteiger partial charge in [0.15, 0.2) is 0 Å². The Labute approximate surface area is 116 Å². The third kappa shape index (κ3) is 4.08. The maximum absolute atomic E-state index is 12.4. The molecule has 0 radical (unpaired) electrons. The summed E-state index contributed by atoms with van der Waals surface area (Å²) in [7, 11) is 0. The zero-order valence-electron chi connectivity index (χ0n) is 11.4. The van der Waals surface area contributed by atoms with E-state index in [4.69, 9.17) is 4.74 Å². The quantitative estimate of drug-likeness (QED) is 0.843. The monoisotopic (exact) mass is 285 g/mol. The summed E-state index contributed by atoms with van der Waals surface area (Å²) in [5.41, 5.74) is 0.161. The Balaban J connectivity index is 1.96. The van der Waals surface area contributed by atoms with E-state index in [0.29, 0.717) is 0 Å². The van der Waals surface area contributed by atoms with Gasteiger partial charge in [0.25, 0.3) is 0 Å². The van der Waals surface area contributed by atoms with Gasteiger partial charge in [-0.05, 0) is 24.6 Å². The first-order valence-corrected chi connectivity index (χ1v) is 6.64. The number of rotatable bonds is 3. The average molecular weight is 285 g/mol. The Kier molecular flexibility index (Phi) is 4.83. The molecule has 0 amide bonds. The zero-order valence-corrected chi connectivity index (χ0v) is 11.4. The summed E-state index contributed by atoms with van der Waals surface area (Å²) >= 11 is 0. The van der Waals surface area contributed by atoms with Crippen LogP contribution in [0.5, 0.6) is 0 Å². The molecule has 1 atom stereocenters. The van der Waals surface area contributed by atoms with E-state index < -0.39 is 11.7 Å². The highest BCUT2D eigenvalue weighted by Crippen LogP contribution is 2.29. The Morgan fingerprint density at radius 1 is 1.15 bits per heavy atom. The average Bonchev–Trinajstić information content (AvgIpc) is 2.45. The van der Waals surface area contributed by atoms with Crippen molar-refractivity contribution in [2.75, 3.05) is 26.3 Å². The van der Waals surface area contributed by atoms with Crippen molar-refractivity contribution in [1.82, 2.24) is 4.90 Å². The number of hydrogen-bond donors (Lipinski definition) is 0. The largest absolute Gasteiger partial charge is 0.416 e. The number of ether oxygens (including phenoxy) is 1. The van der Waals surface area contributed by atoms with Crippen LogP contribution >= 0.6 is 0 Å². The van der Waals surface area contributed by atoms with Crippen LogP contribution in [0.1, 0.15) is 18.1 Å². The van der Waals surface area contributed by atoms with E-state index in [1.54, 1.807) is 0 Å². The van der Waals surface area contributed by atoms with Crippen LogP contribution in [0.4, 0.5) is 13.2 Å². The number of benzene rings is 1. The fourth-order valence-electron chi connectivity index (χ4n) is 2.14. The van der Waals surface area contributed by atoms with E-state index in [1.165, 1.54) is 12.1 Å². The van der Waals surface area contributed by atoms with E-state index in [1.807, 2.05) is 12.2 Å². The number of nitrogens with zero attached hydrogens (tertiary/aromatic N) is 1. The molecule has 1 aromatic rings. The Hall–Kier alpha value is -1.33. The lowest BCUT2D eigenvalue weighted by molar-refractivity contribution is -0.137. The second kappa shape index (κ2) is 6.41. The molecule has 1 aliphatic heterocycles. The fraction of sp³-hybridized carbons (Fsp3) is 0.467. The van der Waals surface area contributed by atoms with Gasteiger partial charge in [0, 0.05) is 19.1 Å². The maximum atomic E-state index is 12.4. The summed E-state index contributed by atoms with van der Waals surface area (Å²) in [4.78, 5) is 2.28. The van der Waals surface area contributed by atoms with Crippen molar-refractivity contribution >= 4 is 6.08 Å². The first kappa shape index (κ1) is 15.1. The van der Waals surface area contributed by atoms with Crippen LogP contribution in [0.2, 0.25) is 0 Å². The van der Waals surface area contributed by atoms with E-state index in [0.717, 1.165) is 44.0 Å². The van der Waals surface area contributed by atoms with Crippen LogP contribution < -0.4 is 0 Å². The Morgan fingerprint density at radius 2 is 1.75 bits per heavy atom. The van der Waals surface area contributed by atoms with E-state index >= 15 is 0 Å². The predicted octanol–water partition coefficient (Wildman–Crippen LogP) is 3.44. The minimum Gasteiger partial charge on any atom is -0.379 e. The summed E-state index contributed by atoms with van der Waals surface area (Å²) in [6.45, 7) is 5.32. The van der Waals surface area contributed by atoms with Gasteiger partial charge < -0.3 is 4.74 Å². The van der Waals surface area contributed by atoms with Crippen molar-refractivity contribution in [3.63, 3.8) is 0 Å². The second-order valence-electron chi connectivity index (χ2n) is 4.87. The third-order valence-corrected chi connectivity index (χ3v) is 3.43. The first-order valence-electron chi connectivity index (χ1n) is 6.64. The van der Waals surface area contributed by atoms with Crippen LogP contribution in [-0.4, -0.2) is 37.2 Å². The lowest BCUT2D eigenvalue weighted by Gasteiger charge is -2.30. The number of halogens is 3. The molecular weight excluding hydrogens is 267 g/mol. The van der Waals surface area contributed by atoms with Crippen LogP contribution in [-0.2, 0) is 10.9 Å². The molecule has 2 nitrogen and oxygen atoms in total. The molecule has 0 unspecified atom stereocenters. The lowest BCUT2D eigenvalue weighted by atomic mass is 10.1. The maximum Gasteiger partial charge on any atom is 0.416 e. The SMILES string of the molecule is C[C@@H](/C=C/c1ccc(C(F)(F)F)cc1)N1CCOCC1. The molecule has 1 aromatic carbocycles. The van der Waals surface area contributed by atoms with Crippen molar-refractivity contribution in [3.8, 4) is 0 Å². The van der Waals surface area contributed by atoms with Gasteiger partial charge >= 0.3 is 6.18 Å². The summed E-state index contributed by atoms with van der Waals surface area (Å²) < 4.78 is 42.6. The molecule has 0 aromatic heterocycles. The molecule has 1 heterocycles. The van der Waals surface area contributed by atoms with Crippen LogP contribution in [0, 0.1) is 0 Å². The van der Waals surface area contributed by atoms with Gasteiger partial charge in [-0.2, -0.15) is 13.2 Å². The summed E-state index contributed by atoms with van der Waals surface area (Å²) in [5.74, 6) is 0. The van der Waals surface area contributed by atoms with Gasteiger partial charge in [0.2, 0.25) is 0 Å². The van der Waals surface area contributed by atoms with Crippen LogP contribution in [0.25, 0.3) is 6.08 Å². The Bertz CT molecular complexity index is 447.